The molecule has 0 fully saturated rings. The average molecular weight is 510 g/mol. The van der Waals surface area contributed by atoms with Gasteiger partial charge in [0.15, 0.2) is 0 Å². The van der Waals surface area contributed by atoms with Gasteiger partial charge in [0.05, 0.1) is 30.9 Å². The molecule has 0 aliphatic rings. The van der Waals surface area contributed by atoms with Crippen LogP contribution in [-0.4, -0.2) is 34.4 Å². The highest BCUT2D eigenvalue weighted by atomic mass is 35.5. The number of para-hydroxylation sites is 1. The van der Waals surface area contributed by atoms with Crippen molar-refractivity contribution in [1.29, 1.82) is 0 Å². The summed E-state index contributed by atoms with van der Waals surface area (Å²) in [5, 5.41) is 13.5. The van der Waals surface area contributed by atoms with Crippen LogP contribution in [0, 0.1) is 0 Å². The van der Waals surface area contributed by atoms with Crippen LogP contribution in [0.15, 0.2) is 83.9 Å². The first-order chi connectivity index (χ1) is 17.0. The second-order valence-electron chi connectivity index (χ2n) is 8.65. The molecule has 1 heterocycles. The molecule has 2 unspecified atom stereocenters. The summed E-state index contributed by atoms with van der Waals surface area (Å²) in [6.45, 7) is 3.83. The molecule has 0 saturated carbocycles. The quantitative estimate of drug-likeness (QED) is 0.279. The lowest BCUT2D eigenvalue weighted by atomic mass is 10.0. The fraction of sp³-hybridized carbons (Fsp3) is 0.286. The Hall–Kier alpha value is -3.39. The largest absolute Gasteiger partial charge is 1.00 e. The normalized spacial score (nSPS) is 12.5. The molecule has 7 nitrogen and oxygen atoms in total. The summed E-state index contributed by atoms with van der Waals surface area (Å²) in [7, 11) is 1.64. The number of aliphatic hydroxyl groups excluding tert-OH is 1. The predicted octanol–water partition coefficient (Wildman–Crippen LogP) is 0.0637. The van der Waals surface area contributed by atoms with Crippen LogP contribution in [0.25, 0.3) is 10.9 Å². The van der Waals surface area contributed by atoms with Gasteiger partial charge in [-0.2, -0.15) is 0 Å². The summed E-state index contributed by atoms with van der Waals surface area (Å²) < 4.78 is 12.8. The van der Waals surface area contributed by atoms with Gasteiger partial charge in [0.25, 0.3) is 5.56 Å². The molecule has 4 aromatic rings. The maximum atomic E-state index is 12.6. The van der Waals surface area contributed by atoms with Crippen LogP contribution in [0.3, 0.4) is 0 Å². The molecule has 0 amide bonds. The number of hydrogen-bond acceptors (Lipinski definition) is 5. The zero-order chi connectivity index (χ0) is 24.6. The first-order valence-corrected chi connectivity index (χ1v) is 11.9. The van der Waals surface area contributed by atoms with Crippen molar-refractivity contribution in [2.75, 3.05) is 13.7 Å². The summed E-state index contributed by atoms with van der Waals surface area (Å²) in [6, 6.07) is 22.7. The summed E-state index contributed by atoms with van der Waals surface area (Å²) in [5.41, 5.74) is 2.57. The molecule has 4 rings (SSSR count). The number of fused-ring (bicyclic) bond motifs is 1. The highest BCUT2D eigenvalue weighted by Gasteiger charge is 2.19. The van der Waals surface area contributed by atoms with E-state index in [0.717, 1.165) is 35.6 Å². The standard InChI is InChI=1S/C28H31N3O4.ClH/c1-20(29-15-6-16-31-19-30-26-10-4-3-9-25(26)28(31)33)27(32)22-11-13-23(14-12-22)35-18-21-7-5-8-24(17-21)34-2;/h3-5,7-14,17,19-20,27,29,32H,6,15-16,18H2,1-2H3;1H. The molecular weight excluding hydrogens is 478 g/mol. The molecule has 1 aromatic heterocycles. The minimum atomic E-state index is -0.604. The first-order valence-electron chi connectivity index (χ1n) is 11.9. The monoisotopic (exact) mass is 509 g/mol. The van der Waals surface area contributed by atoms with E-state index in [1.165, 1.54) is 0 Å². The van der Waals surface area contributed by atoms with E-state index in [0.29, 0.717) is 24.1 Å². The zero-order valence-electron chi connectivity index (χ0n) is 20.5. The van der Waals surface area contributed by atoms with E-state index in [2.05, 4.69) is 10.3 Å². The molecule has 0 bridgehead atoms. The van der Waals surface area contributed by atoms with E-state index in [1.807, 2.05) is 73.7 Å². The smallest absolute Gasteiger partial charge is 0.261 e. The number of benzene rings is 3. The first kappa shape index (κ1) is 27.2. The van der Waals surface area contributed by atoms with Crippen LogP contribution in [0.1, 0.15) is 30.6 Å². The molecule has 0 aliphatic heterocycles. The highest BCUT2D eigenvalue weighted by molar-refractivity contribution is 5.76. The number of aryl methyl sites for hydroxylation is 1. The molecule has 3 aromatic carbocycles. The lowest BCUT2D eigenvalue weighted by Crippen LogP contribution is -3.00. The molecule has 190 valence electrons. The van der Waals surface area contributed by atoms with Gasteiger partial charge >= 0.3 is 0 Å². The molecule has 0 saturated heterocycles. The Labute approximate surface area is 217 Å². The zero-order valence-corrected chi connectivity index (χ0v) is 21.3. The topological polar surface area (TPSA) is 90.2 Å². The number of ether oxygens (including phenoxy) is 2. The van der Waals surface area contributed by atoms with Crippen LogP contribution in [0.5, 0.6) is 11.5 Å². The number of nitrogens with two attached hydrogens (primary N) is 1. The van der Waals surface area contributed by atoms with Crippen LogP contribution in [0.2, 0.25) is 0 Å². The van der Waals surface area contributed by atoms with Crippen LogP contribution in [0.4, 0.5) is 0 Å². The number of nitrogens with zero attached hydrogens (tertiary/aromatic N) is 2. The maximum absolute atomic E-state index is 12.6. The van der Waals surface area contributed by atoms with Crippen LogP contribution >= 0.6 is 0 Å². The summed E-state index contributed by atoms with van der Waals surface area (Å²) in [4.78, 5) is 17.0. The van der Waals surface area contributed by atoms with E-state index >= 15 is 0 Å². The lowest BCUT2D eigenvalue weighted by Gasteiger charge is -2.18. The van der Waals surface area contributed by atoms with Gasteiger partial charge in [0.1, 0.15) is 30.3 Å². The number of methoxy groups -OCH3 is 1. The van der Waals surface area contributed by atoms with Crippen LogP contribution in [-0.2, 0) is 13.2 Å². The van der Waals surface area contributed by atoms with Gasteiger partial charge in [-0.3, -0.25) is 9.36 Å². The number of rotatable bonds is 11. The maximum Gasteiger partial charge on any atom is 0.261 e. The van der Waals surface area contributed by atoms with Gasteiger partial charge in [-0.15, -0.1) is 0 Å². The number of aliphatic hydroxyl groups is 1. The van der Waals surface area contributed by atoms with Gasteiger partial charge in [-0.1, -0.05) is 36.4 Å². The van der Waals surface area contributed by atoms with E-state index in [4.69, 9.17) is 9.47 Å². The second-order valence-corrected chi connectivity index (χ2v) is 8.65. The Balaban J connectivity index is 0.00000361. The van der Waals surface area contributed by atoms with E-state index in [9.17, 15) is 9.90 Å². The van der Waals surface area contributed by atoms with Gasteiger partial charge in [0.2, 0.25) is 0 Å². The molecule has 8 heteroatoms. The number of hydrogen-bond donors (Lipinski definition) is 2. The SMILES string of the molecule is COc1cccc(COc2ccc(C(O)C(C)[NH2+]CCCn3cnc4ccccc4c3=O)cc2)c1.[Cl-]. The minimum absolute atomic E-state index is 0. The van der Waals surface area contributed by atoms with Gasteiger partial charge in [0, 0.05) is 13.0 Å². The molecule has 0 radical (unpaired) electrons. The lowest BCUT2D eigenvalue weighted by molar-refractivity contribution is -0.694. The fourth-order valence-electron chi connectivity index (χ4n) is 4.03. The van der Waals surface area contributed by atoms with Crippen molar-refractivity contribution < 1.29 is 32.3 Å². The number of quaternary nitrogens is 1. The Kier molecular flexibility index (Phi) is 9.87. The summed E-state index contributed by atoms with van der Waals surface area (Å²) >= 11 is 0. The van der Waals surface area contributed by atoms with Crippen molar-refractivity contribution in [2.45, 2.75) is 38.6 Å². The highest BCUT2D eigenvalue weighted by Crippen LogP contribution is 2.21. The van der Waals surface area contributed by atoms with Gasteiger partial charge in [-0.05, 0) is 54.4 Å². The van der Waals surface area contributed by atoms with Gasteiger partial charge < -0.3 is 32.3 Å². The molecular formula is C28H32ClN3O4. The van der Waals surface area contributed by atoms with Crippen LogP contribution < -0.4 is 32.8 Å². The van der Waals surface area contributed by atoms with Crippen molar-refractivity contribution in [2.24, 2.45) is 0 Å². The van der Waals surface area contributed by atoms with Crippen molar-refractivity contribution in [3.8, 4) is 11.5 Å². The van der Waals surface area contributed by atoms with E-state index < -0.39 is 6.10 Å². The molecule has 0 spiro atoms. The second kappa shape index (κ2) is 13.1. The van der Waals surface area contributed by atoms with E-state index in [-0.39, 0.29) is 24.0 Å². The summed E-state index contributed by atoms with van der Waals surface area (Å²) in [5.74, 6) is 1.55. The number of halogens is 1. The Morgan fingerprint density at radius 1 is 1.03 bits per heavy atom. The van der Waals surface area contributed by atoms with Crippen molar-refractivity contribution in [3.05, 3.63) is 101 Å². The molecule has 0 aliphatic carbocycles. The van der Waals surface area contributed by atoms with Gasteiger partial charge in [-0.25, -0.2) is 4.98 Å². The molecule has 2 atom stereocenters. The van der Waals surface area contributed by atoms with Crippen molar-refractivity contribution >= 4 is 10.9 Å². The molecule has 3 N–H and O–H groups in total. The minimum Gasteiger partial charge on any atom is -1.00 e. The van der Waals surface area contributed by atoms with Crippen molar-refractivity contribution in [1.82, 2.24) is 9.55 Å². The Bertz CT molecular complexity index is 1310. The summed E-state index contributed by atoms with van der Waals surface area (Å²) in [6.07, 6.45) is 1.81. The third kappa shape index (κ3) is 6.85. The fourth-order valence-corrected chi connectivity index (χ4v) is 4.03. The van der Waals surface area contributed by atoms with E-state index in [1.54, 1.807) is 24.1 Å². The number of aromatic nitrogens is 2. The Morgan fingerprint density at radius 3 is 2.58 bits per heavy atom. The van der Waals surface area contributed by atoms with Crippen molar-refractivity contribution in [3.63, 3.8) is 0 Å². The average Bonchev–Trinajstić information content (AvgIpc) is 2.91. The molecule has 36 heavy (non-hydrogen) atoms. The third-order valence-electron chi connectivity index (χ3n) is 6.13. The predicted molar refractivity (Wildman–Crippen MR) is 136 cm³/mol. The Morgan fingerprint density at radius 2 is 1.81 bits per heavy atom. The third-order valence-corrected chi connectivity index (χ3v) is 6.13.